The Kier molecular flexibility index (Phi) is 12.8. The third-order valence-electron chi connectivity index (χ3n) is 4.97. The minimum atomic E-state index is 0. The molecule has 0 aliphatic heterocycles. The topological polar surface area (TPSA) is 69.4 Å². The summed E-state index contributed by atoms with van der Waals surface area (Å²) in [5.41, 5.74) is 4.10. The average molecular weight is 500 g/mol. The van der Waals surface area contributed by atoms with Gasteiger partial charge in [0, 0.05) is 37.4 Å². The number of nitrogens with one attached hydrogen (secondary N) is 1. The normalized spacial score (nSPS) is 9.36. The van der Waals surface area contributed by atoms with Crippen molar-refractivity contribution in [3.8, 4) is 11.5 Å². The highest BCUT2D eigenvalue weighted by molar-refractivity contribution is 5.32. The predicted octanol–water partition coefficient (Wildman–Crippen LogP) is 2.56. The Morgan fingerprint density at radius 1 is 0.639 bits per heavy atom. The molecule has 6 heteroatoms. The summed E-state index contributed by atoms with van der Waals surface area (Å²) in [6.07, 6.45) is 8.72. The molecule has 3 aromatic heterocycles. The van der Waals surface area contributed by atoms with E-state index in [2.05, 4.69) is 27.1 Å². The molecule has 0 radical (unpaired) electrons. The highest BCUT2D eigenvalue weighted by Crippen LogP contribution is 2.18. The van der Waals surface area contributed by atoms with Gasteiger partial charge in [0.25, 0.3) is 0 Å². The number of rotatable bonds is 5. The molecule has 184 valence electrons. The van der Waals surface area contributed by atoms with Crippen LogP contribution in [0.25, 0.3) is 0 Å². The van der Waals surface area contributed by atoms with Gasteiger partial charge in [-0.1, -0.05) is 66.7 Å². The van der Waals surface area contributed by atoms with Gasteiger partial charge < -0.3 is 22.3 Å². The van der Waals surface area contributed by atoms with Crippen LogP contribution in [-0.4, -0.2) is 22.2 Å². The van der Waals surface area contributed by atoms with E-state index in [0.29, 0.717) is 6.42 Å². The van der Waals surface area contributed by atoms with Crippen molar-refractivity contribution in [1.82, 2.24) is 9.97 Å². The Bertz CT molecular complexity index is 1210. The number of methoxy groups -OCH3 is 1. The fourth-order valence-corrected chi connectivity index (χ4v) is 3.23. The maximum atomic E-state index is 9.51. The van der Waals surface area contributed by atoms with E-state index in [1.54, 1.807) is 31.6 Å². The van der Waals surface area contributed by atoms with E-state index < -0.39 is 0 Å². The molecule has 0 unspecified atom stereocenters. The standard InChI is InChI=1S/C13H13NO.C12H11NO.C5H5N.ClH/c1-15-13-8-5-9-14-12(13)10-11-6-3-2-4-7-11;14-12-7-4-8-13-11(12)9-10-5-2-1-3-6-10;1-2-4-6-5-3-1;/h2-9H,10H2,1H3;1-8,14H,9H2;1-5H;1H. The van der Waals surface area contributed by atoms with E-state index in [0.717, 1.165) is 29.1 Å². The molecule has 0 atom stereocenters. The molecule has 5 nitrogen and oxygen atoms in total. The summed E-state index contributed by atoms with van der Waals surface area (Å²) in [6, 6.07) is 33.3. The number of ether oxygens (including phenoxy) is 1. The van der Waals surface area contributed by atoms with Crippen LogP contribution in [-0.2, 0) is 12.8 Å². The van der Waals surface area contributed by atoms with Crippen molar-refractivity contribution < 1.29 is 27.2 Å². The Morgan fingerprint density at radius 3 is 1.61 bits per heavy atom. The van der Waals surface area contributed by atoms with Crippen molar-refractivity contribution in [3.63, 3.8) is 0 Å². The van der Waals surface area contributed by atoms with Crippen LogP contribution in [0.4, 0.5) is 0 Å². The number of hydrogen-bond acceptors (Lipinski definition) is 4. The van der Waals surface area contributed by atoms with Crippen LogP contribution in [0.1, 0.15) is 22.5 Å². The van der Waals surface area contributed by atoms with E-state index in [1.165, 1.54) is 5.56 Å². The average Bonchev–Trinajstić information content (AvgIpc) is 2.93. The summed E-state index contributed by atoms with van der Waals surface area (Å²) in [5.74, 6) is 1.11. The monoisotopic (exact) mass is 499 g/mol. The van der Waals surface area contributed by atoms with E-state index in [4.69, 9.17) is 4.74 Å². The van der Waals surface area contributed by atoms with Gasteiger partial charge in [-0.2, -0.15) is 0 Å². The largest absolute Gasteiger partial charge is 1.00 e. The molecule has 0 fully saturated rings. The van der Waals surface area contributed by atoms with E-state index >= 15 is 0 Å². The van der Waals surface area contributed by atoms with Crippen LogP contribution < -0.4 is 22.1 Å². The van der Waals surface area contributed by atoms with E-state index in [1.807, 2.05) is 91.3 Å². The van der Waals surface area contributed by atoms with Gasteiger partial charge >= 0.3 is 0 Å². The Balaban J connectivity index is 0.000000203. The summed E-state index contributed by atoms with van der Waals surface area (Å²) in [6.45, 7) is 0. The first-order valence-corrected chi connectivity index (χ1v) is 11.4. The van der Waals surface area contributed by atoms with Gasteiger partial charge in [-0.25, -0.2) is 4.98 Å². The third-order valence-corrected chi connectivity index (χ3v) is 4.97. The summed E-state index contributed by atoms with van der Waals surface area (Å²) in [4.78, 5) is 11.3. The molecule has 36 heavy (non-hydrogen) atoms. The van der Waals surface area contributed by atoms with Crippen molar-refractivity contribution in [2.45, 2.75) is 12.8 Å². The van der Waals surface area contributed by atoms with Gasteiger partial charge in [-0.05, 0) is 35.4 Å². The molecule has 0 aliphatic rings. The third kappa shape index (κ3) is 9.95. The van der Waals surface area contributed by atoms with Gasteiger partial charge in [0.1, 0.15) is 11.5 Å². The van der Waals surface area contributed by atoms with Gasteiger partial charge in [0.2, 0.25) is 0 Å². The molecule has 0 bridgehead atoms. The number of aromatic hydroxyl groups is 1. The molecule has 0 spiro atoms. The molecule has 0 amide bonds. The second-order valence-corrected chi connectivity index (χ2v) is 7.52. The van der Waals surface area contributed by atoms with Gasteiger partial charge in [0.15, 0.2) is 12.4 Å². The molecule has 5 aromatic rings. The summed E-state index contributed by atoms with van der Waals surface area (Å²) >= 11 is 0. The Morgan fingerprint density at radius 2 is 1.14 bits per heavy atom. The van der Waals surface area contributed by atoms with Gasteiger partial charge in [0.05, 0.1) is 18.5 Å². The molecular weight excluding hydrogens is 470 g/mol. The first-order chi connectivity index (χ1) is 17.3. The Hall–Kier alpha value is -4.22. The van der Waals surface area contributed by atoms with Crippen LogP contribution in [0.3, 0.4) is 0 Å². The van der Waals surface area contributed by atoms with Crippen molar-refractivity contribution >= 4 is 0 Å². The van der Waals surface area contributed by atoms with Crippen molar-refractivity contribution in [1.29, 1.82) is 0 Å². The number of H-pyrrole nitrogens is 1. The van der Waals surface area contributed by atoms with Crippen molar-refractivity contribution in [3.05, 3.63) is 150 Å². The number of nitrogens with zero attached hydrogens (tertiary/aromatic N) is 2. The molecular formula is C30H30ClN3O2. The summed E-state index contributed by atoms with van der Waals surface area (Å²) < 4.78 is 5.26. The predicted molar refractivity (Wildman–Crippen MR) is 138 cm³/mol. The highest BCUT2D eigenvalue weighted by Gasteiger charge is 2.04. The maximum Gasteiger partial charge on any atom is 0.166 e. The van der Waals surface area contributed by atoms with E-state index in [-0.39, 0.29) is 18.2 Å². The number of halogens is 1. The minimum Gasteiger partial charge on any atom is -1.00 e. The zero-order chi connectivity index (χ0) is 24.6. The molecule has 2 N–H and O–H groups in total. The summed E-state index contributed by atoms with van der Waals surface area (Å²) in [5, 5.41) is 9.51. The number of aromatic amines is 1. The fraction of sp³-hybridized carbons (Fsp3) is 0.100. The molecule has 2 aromatic carbocycles. The smallest absolute Gasteiger partial charge is 0.166 e. The lowest BCUT2D eigenvalue weighted by atomic mass is 10.1. The van der Waals surface area contributed by atoms with Crippen LogP contribution >= 0.6 is 0 Å². The number of hydrogen-bond donors (Lipinski definition) is 1. The lowest BCUT2D eigenvalue weighted by molar-refractivity contribution is -0.377. The molecule has 0 saturated carbocycles. The SMILES string of the molecule is COc1cccnc1Cc1ccccc1.Oc1cccnc1Cc1ccccc1.[Cl-].c1cc[nH+]cc1. The highest BCUT2D eigenvalue weighted by atomic mass is 35.5. The first-order valence-electron chi connectivity index (χ1n) is 11.4. The molecule has 0 aliphatic carbocycles. The second kappa shape index (κ2) is 16.4. The zero-order valence-electron chi connectivity index (χ0n) is 20.2. The maximum absolute atomic E-state index is 9.51. The fourth-order valence-electron chi connectivity index (χ4n) is 3.23. The first kappa shape index (κ1) is 28.0. The van der Waals surface area contributed by atoms with Crippen molar-refractivity contribution in [2.75, 3.05) is 7.11 Å². The molecule has 3 heterocycles. The van der Waals surface area contributed by atoms with Gasteiger partial charge in [-0.15, -0.1) is 0 Å². The van der Waals surface area contributed by atoms with Crippen molar-refractivity contribution in [2.24, 2.45) is 0 Å². The molecule has 5 rings (SSSR count). The van der Waals surface area contributed by atoms with Gasteiger partial charge in [-0.3, -0.25) is 9.97 Å². The van der Waals surface area contributed by atoms with Crippen LogP contribution in [0.5, 0.6) is 11.5 Å². The zero-order valence-corrected chi connectivity index (χ0v) is 20.9. The second-order valence-electron chi connectivity index (χ2n) is 7.52. The number of benzene rings is 2. The van der Waals surface area contributed by atoms with Crippen LogP contribution in [0.15, 0.2) is 128 Å². The number of pyridine rings is 3. The molecule has 0 saturated heterocycles. The number of aromatic nitrogens is 3. The lowest BCUT2D eigenvalue weighted by Gasteiger charge is -2.06. The van der Waals surface area contributed by atoms with E-state index in [9.17, 15) is 5.11 Å². The summed E-state index contributed by atoms with van der Waals surface area (Å²) in [7, 11) is 1.67. The minimum absolute atomic E-state index is 0. The van der Waals surface area contributed by atoms with Crippen LogP contribution in [0.2, 0.25) is 0 Å². The Labute approximate surface area is 218 Å². The quantitative estimate of drug-likeness (QED) is 0.403. The van der Waals surface area contributed by atoms with Crippen LogP contribution in [0, 0.1) is 0 Å². The lowest BCUT2D eigenvalue weighted by Crippen LogP contribution is -3.00.